The third-order valence-electron chi connectivity index (χ3n) is 4.45. The van der Waals surface area contributed by atoms with Gasteiger partial charge < -0.3 is 4.52 Å². The van der Waals surface area contributed by atoms with Crippen molar-refractivity contribution in [1.29, 1.82) is 0 Å². The molecule has 0 N–H and O–H groups in total. The highest BCUT2D eigenvalue weighted by atomic mass is 35.5. The van der Waals surface area contributed by atoms with Gasteiger partial charge in [-0.2, -0.15) is 5.10 Å². The van der Waals surface area contributed by atoms with Gasteiger partial charge in [-0.25, -0.2) is 0 Å². The zero-order valence-electron chi connectivity index (χ0n) is 13.5. The van der Waals surface area contributed by atoms with Crippen molar-refractivity contribution >= 4 is 11.6 Å². The lowest BCUT2D eigenvalue weighted by Gasteiger charge is -2.34. The molecule has 3 rings (SSSR count). The number of halogens is 1. The van der Waals surface area contributed by atoms with Gasteiger partial charge in [0.1, 0.15) is 16.6 Å². The second-order valence-electron chi connectivity index (χ2n) is 6.04. The Bertz CT molecular complexity index is 649. The van der Waals surface area contributed by atoms with Gasteiger partial charge in [0.15, 0.2) is 0 Å². The molecule has 0 aliphatic carbocycles. The summed E-state index contributed by atoms with van der Waals surface area (Å²) in [7, 11) is 1.90. The molecule has 5 nitrogen and oxygen atoms in total. The maximum Gasteiger partial charge on any atom is 0.133 e. The lowest BCUT2D eigenvalue weighted by molar-refractivity contribution is 0.133. The van der Waals surface area contributed by atoms with Crippen molar-refractivity contribution in [1.82, 2.24) is 19.8 Å². The lowest BCUT2D eigenvalue weighted by atomic mass is 9.98. The molecule has 120 valence electrons. The van der Waals surface area contributed by atoms with Gasteiger partial charge in [-0.15, -0.1) is 0 Å². The number of hydrogen-bond donors (Lipinski definition) is 0. The van der Waals surface area contributed by atoms with Crippen LogP contribution < -0.4 is 0 Å². The molecule has 0 amide bonds. The van der Waals surface area contributed by atoms with Crippen LogP contribution in [-0.2, 0) is 20.0 Å². The standard InChI is InChI=1S/C16H23ClN4O/c1-4-13-12(16(17)20(3)18-13)10-21-8-6-5-7-15(21)14-9-11(2)22-19-14/h9,15H,4-8,10H2,1-3H3. The highest BCUT2D eigenvalue weighted by Crippen LogP contribution is 2.33. The fourth-order valence-electron chi connectivity index (χ4n) is 3.30. The predicted molar refractivity (Wildman–Crippen MR) is 85.8 cm³/mol. The molecule has 1 fully saturated rings. The van der Waals surface area contributed by atoms with Crippen molar-refractivity contribution in [2.24, 2.45) is 7.05 Å². The summed E-state index contributed by atoms with van der Waals surface area (Å²) in [6.07, 6.45) is 4.46. The number of aryl methyl sites for hydroxylation is 3. The first-order valence-corrected chi connectivity index (χ1v) is 8.35. The molecule has 2 aromatic heterocycles. The Labute approximate surface area is 136 Å². The Kier molecular flexibility index (Phi) is 4.54. The average molecular weight is 323 g/mol. The van der Waals surface area contributed by atoms with Gasteiger partial charge in [-0.05, 0) is 32.7 Å². The first kappa shape index (κ1) is 15.6. The minimum absolute atomic E-state index is 0.312. The average Bonchev–Trinajstić information content (AvgIpc) is 3.06. The number of piperidine rings is 1. The Balaban J connectivity index is 1.86. The number of likely N-dealkylation sites (tertiary alicyclic amines) is 1. The monoisotopic (exact) mass is 322 g/mol. The second kappa shape index (κ2) is 6.42. The third-order valence-corrected chi connectivity index (χ3v) is 4.92. The van der Waals surface area contributed by atoms with Crippen LogP contribution in [0, 0.1) is 6.92 Å². The summed E-state index contributed by atoms with van der Waals surface area (Å²) >= 11 is 6.45. The van der Waals surface area contributed by atoms with Crippen molar-refractivity contribution in [2.75, 3.05) is 6.54 Å². The third kappa shape index (κ3) is 2.92. The molecule has 0 aromatic carbocycles. The molecule has 1 atom stereocenters. The maximum absolute atomic E-state index is 6.45. The van der Waals surface area contributed by atoms with Crippen LogP contribution in [0.25, 0.3) is 0 Å². The molecule has 22 heavy (non-hydrogen) atoms. The minimum Gasteiger partial charge on any atom is -0.361 e. The van der Waals surface area contributed by atoms with E-state index in [2.05, 4.69) is 28.1 Å². The summed E-state index contributed by atoms with van der Waals surface area (Å²) in [5, 5.41) is 9.50. The van der Waals surface area contributed by atoms with Crippen molar-refractivity contribution in [3.8, 4) is 0 Å². The van der Waals surface area contributed by atoms with Gasteiger partial charge in [0.2, 0.25) is 0 Å². The van der Waals surface area contributed by atoms with E-state index in [0.717, 1.165) is 53.8 Å². The first-order valence-electron chi connectivity index (χ1n) is 7.97. The fraction of sp³-hybridized carbons (Fsp3) is 0.625. The van der Waals surface area contributed by atoms with Crippen molar-refractivity contribution in [2.45, 2.75) is 52.1 Å². The van der Waals surface area contributed by atoms with Crippen LogP contribution in [0.5, 0.6) is 0 Å². The van der Waals surface area contributed by atoms with Gasteiger partial charge in [0.25, 0.3) is 0 Å². The molecule has 3 heterocycles. The van der Waals surface area contributed by atoms with Crippen LogP contribution in [0.2, 0.25) is 5.15 Å². The molecule has 1 aliphatic rings. The smallest absolute Gasteiger partial charge is 0.133 e. The molecule has 6 heteroatoms. The van der Waals surface area contributed by atoms with E-state index in [4.69, 9.17) is 16.1 Å². The van der Waals surface area contributed by atoms with Gasteiger partial charge >= 0.3 is 0 Å². The molecule has 0 spiro atoms. The fourth-order valence-corrected chi connectivity index (χ4v) is 3.51. The van der Waals surface area contributed by atoms with Gasteiger partial charge in [0.05, 0.1) is 11.7 Å². The lowest BCUT2D eigenvalue weighted by Crippen LogP contribution is -2.33. The van der Waals surface area contributed by atoms with E-state index in [9.17, 15) is 0 Å². The highest BCUT2D eigenvalue weighted by Gasteiger charge is 2.28. The van der Waals surface area contributed by atoms with Crippen LogP contribution >= 0.6 is 11.6 Å². The molecule has 2 aromatic rings. The molecular weight excluding hydrogens is 300 g/mol. The zero-order chi connectivity index (χ0) is 15.7. The Morgan fingerprint density at radius 2 is 2.23 bits per heavy atom. The number of nitrogens with zero attached hydrogens (tertiary/aromatic N) is 4. The van der Waals surface area contributed by atoms with Crippen LogP contribution in [0.1, 0.15) is 54.9 Å². The molecule has 1 saturated heterocycles. The number of hydrogen-bond acceptors (Lipinski definition) is 4. The van der Waals surface area contributed by atoms with Gasteiger partial charge in [0, 0.05) is 25.2 Å². The number of rotatable bonds is 4. The van der Waals surface area contributed by atoms with Crippen molar-refractivity contribution in [3.63, 3.8) is 0 Å². The van der Waals surface area contributed by atoms with Gasteiger partial charge in [-0.3, -0.25) is 9.58 Å². The minimum atomic E-state index is 0.312. The van der Waals surface area contributed by atoms with E-state index in [1.165, 1.54) is 12.8 Å². The topological polar surface area (TPSA) is 47.1 Å². The summed E-state index contributed by atoms with van der Waals surface area (Å²) < 4.78 is 7.04. The summed E-state index contributed by atoms with van der Waals surface area (Å²) in [6.45, 7) is 5.95. The SMILES string of the molecule is CCc1nn(C)c(Cl)c1CN1CCCCC1c1cc(C)on1. The highest BCUT2D eigenvalue weighted by molar-refractivity contribution is 6.30. The molecule has 1 unspecified atom stereocenters. The van der Waals surface area contributed by atoms with E-state index < -0.39 is 0 Å². The quantitative estimate of drug-likeness (QED) is 0.862. The Morgan fingerprint density at radius 3 is 2.91 bits per heavy atom. The second-order valence-corrected chi connectivity index (χ2v) is 6.40. The summed E-state index contributed by atoms with van der Waals surface area (Å²) in [5.41, 5.74) is 3.28. The van der Waals surface area contributed by atoms with E-state index >= 15 is 0 Å². The molecule has 1 aliphatic heterocycles. The van der Waals surface area contributed by atoms with E-state index in [-0.39, 0.29) is 0 Å². The maximum atomic E-state index is 6.45. The van der Waals surface area contributed by atoms with E-state index in [1.54, 1.807) is 4.68 Å². The number of aromatic nitrogens is 3. The van der Waals surface area contributed by atoms with Crippen molar-refractivity contribution in [3.05, 3.63) is 33.9 Å². The molecule has 0 saturated carbocycles. The molecule has 0 bridgehead atoms. The van der Waals surface area contributed by atoms with Crippen LogP contribution in [0.4, 0.5) is 0 Å². The molecular formula is C16H23ClN4O. The Hall–Kier alpha value is -1.33. The van der Waals surface area contributed by atoms with Crippen LogP contribution in [0.3, 0.4) is 0 Å². The van der Waals surface area contributed by atoms with Crippen LogP contribution in [0.15, 0.2) is 10.6 Å². The largest absolute Gasteiger partial charge is 0.361 e. The van der Waals surface area contributed by atoms with Crippen LogP contribution in [-0.4, -0.2) is 26.4 Å². The van der Waals surface area contributed by atoms with E-state index in [0.29, 0.717) is 6.04 Å². The Morgan fingerprint density at radius 1 is 1.41 bits per heavy atom. The zero-order valence-corrected chi connectivity index (χ0v) is 14.2. The van der Waals surface area contributed by atoms with Gasteiger partial charge in [-0.1, -0.05) is 30.1 Å². The predicted octanol–water partition coefficient (Wildman–Crippen LogP) is 3.66. The summed E-state index contributed by atoms with van der Waals surface area (Å²) in [4.78, 5) is 2.46. The van der Waals surface area contributed by atoms with Crippen molar-refractivity contribution < 1.29 is 4.52 Å². The first-order chi connectivity index (χ1) is 10.6. The van der Waals surface area contributed by atoms with E-state index in [1.807, 2.05) is 14.0 Å². The normalized spacial score (nSPS) is 19.7. The summed E-state index contributed by atoms with van der Waals surface area (Å²) in [6, 6.07) is 2.36. The summed E-state index contributed by atoms with van der Waals surface area (Å²) in [5.74, 6) is 0.870. The molecule has 0 radical (unpaired) electrons.